The van der Waals surface area contributed by atoms with Gasteiger partial charge in [0, 0.05) is 24.2 Å². The monoisotopic (exact) mass is 393 g/mol. The van der Waals surface area contributed by atoms with Crippen LogP contribution in [0.1, 0.15) is 10.4 Å². The highest BCUT2D eigenvalue weighted by Gasteiger charge is 2.38. The summed E-state index contributed by atoms with van der Waals surface area (Å²) < 4.78 is 33.6. The van der Waals surface area contributed by atoms with E-state index in [-0.39, 0.29) is 11.0 Å². The number of rotatable bonds is 2. The molecular weight excluding hydrogens is 379 g/mol. The lowest BCUT2D eigenvalue weighted by molar-refractivity contribution is -0.192. The zero-order chi connectivity index (χ0) is 21.1. The zero-order valence-electron chi connectivity index (χ0n) is 14.4. The number of carboxylic acids is 2. The van der Waals surface area contributed by atoms with Gasteiger partial charge in [-0.15, -0.1) is 0 Å². The van der Waals surface area contributed by atoms with E-state index in [4.69, 9.17) is 15.0 Å². The van der Waals surface area contributed by atoms with Gasteiger partial charge in [0.2, 0.25) is 0 Å². The molecule has 1 heterocycles. The molecule has 0 saturated carbocycles. The second-order valence-corrected chi connectivity index (χ2v) is 5.69. The molecule has 6 nitrogen and oxygen atoms in total. The Morgan fingerprint density at radius 3 is 2.00 bits per heavy atom. The van der Waals surface area contributed by atoms with Crippen LogP contribution in [0.2, 0.25) is 0 Å². The van der Waals surface area contributed by atoms with Crippen molar-refractivity contribution in [1.29, 1.82) is 0 Å². The molecule has 3 aromatic rings. The summed E-state index contributed by atoms with van der Waals surface area (Å²) in [6.45, 7) is 0. The first kappa shape index (κ1) is 20.7. The first-order valence-electron chi connectivity index (χ1n) is 7.74. The molecule has 9 heteroatoms. The van der Waals surface area contributed by atoms with Crippen LogP contribution in [0, 0.1) is 0 Å². The largest absolute Gasteiger partial charge is 0.490 e. The highest BCUT2D eigenvalue weighted by molar-refractivity contribution is 5.89. The number of halogens is 3. The van der Waals surface area contributed by atoms with E-state index in [1.807, 2.05) is 29.8 Å². The third-order valence-corrected chi connectivity index (χ3v) is 3.78. The molecule has 0 bridgehead atoms. The lowest BCUT2D eigenvalue weighted by atomic mass is 10.0. The number of carbonyl (C=O) groups is 2. The van der Waals surface area contributed by atoms with Crippen molar-refractivity contribution in [2.24, 2.45) is 7.05 Å². The highest BCUT2D eigenvalue weighted by atomic mass is 19.4. The van der Waals surface area contributed by atoms with Gasteiger partial charge in [-0.3, -0.25) is 4.79 Å². The van der Waals surface area contributed by atoms with Crippen molar-refractivity contribution in [1.82, 2.24) is 4.57 Å². The van der Waals surface area contributed by atoms with E-state index in [0.717, 1.165) is 5.52 Å². The predicted molar refractivity (Wildman–Crippen MR) is 95.3 cm³/mol. The summed E-state index contributed by atoms with van der Waals surface area (Å²) in [6, 6.07) is 13.8. The number of carboxylic acid groups (broad SMARTS) is 2. The summed E-state index contributed by atoms with van der Waals surface area (Å²) in [5.74, 6) is -3.74. The zero-order valence-corrected chi connectivity index (χ0v) is 14.4. The first-order chi connectivity index (χ1) is 13.0. The summed E-state index contributed by atoms with van der Waals surface area (Å²) in [6.07, 6.45) is -3.31. The maximum absolute atomic E-state index is 12.6. The first-order valence-corrected chi connectivity index (χ1v) is 7.74. The fourth-order valence-corrected chi connectivity index (χ4v) is 2.44. The van der Waals surface area contributed by atoms with Gasteiger partial charge in [0.05, 0.1) is 11.1 Å². The smallest absolute Gasteiger partial charge is 0.478 e. The van der Waals surface area contributed by atoms with Crippen LogP contribution in [0.25, 0.3) is 22.0 Å². The molecular formula is C19H14F3NO5. The number of aryl methyl sites for hydroxylation is 1. The third kappa shape index (κ3) is 4.56. The lowest BCUT2D eigenvalue weighted by Gasteiger charge is -2.09. The molecule has 0 aliphatic heterocycles. The Morgan fingerprint density at radius 1 is 0.964 bits per heavy atom. The van der Waals surface area contributed by atoms with Crippen molar-refractivity contribution < 1.29 is 33.0 Å². The van der Waals surface area contributed by atoms with Crippen LogP contribution >= 0.6 is 0 Å². The van der Waals surface area contributed by atoms with Gasteiger partial charge in [0.15, 0.2) is 5.43 Å². The van der Waals surface area contributed by atoms with Crippen LogP contribution in [0.5, 0.6) is 0 Å². The fraction of sp³-hybridized carbons (Fsp3) is 0.105. The van der Waals surface area contributed by atoms with Crippen molar-refractivity contribution in [3.05, 3.63) is 70.5 Å². The van der Waals surface area contributed by atoms with E-state index in [0.29, 0.717) is 16.5 Å². The molecule has 2 N–H and O–H groups in total. The summed E-state index contributed by atoms with van der Waals surface area (Å²) in [4.78, 5) is 32.3. The predicted octanol–water partition coefficient (Wildman–Crippen LogP) is 3.54. The summed E-state index contributed by atoms with van der Waals surface area (Å²) in [7, 11) is 1.89. The average Bonchev–Trinajstić information content (AvgIpc) is 2.64. The number of pyridine rings is 1. The Morgan fingerprint density at radius 2 is 1.50 bits per heavy atom. The molecule has 0 spiro atoms. The Balaban J connectivity index is 0.000000345. The Bertz CT molecular complexity index is 1090. The molecule has 0 atom stereocenters. The Hall–Kier alpha value is -3.62. The third-order valence-electron chi connectivity index (χ3n) is 3.78. The number of aliphatic carboxylic acids is 1. The number of hydrogen-bond acceptors (Lipinski definition) is 3. The normalized spacial score (nSPS) is 10.9. The van der Waals surface area contributed by atoms with E-state index >= 15 is 0 Å². The van der Waals surface area contributed by atoms with Crippen molar-refractivity contribution in [3.63, 3.8) is 0 Å². The molecule has 0 aliphatic rings. The minimum atomic E-state index is -5.08. The van der Waals surface area contributed by atoms with Gasteiger partial charge in [-0.1, -0.05) is 24.3 Å². The van der Waals surface area contributed by atoms with Crippen LogP contribution in [-0.4, -0.2) is 32.9 Å². The summed E-state index contributed by atoms with van der Waals surface area (Å²) in [5.41, 5.74) is 2.30. The van der Waals surface area contributed by atoms with Gasteiger partial charge in [-0.2, -0.15) is 13.2 Å². The van der Waals surface area contributed by atoms with E-state index in [9.17, 15) is 22.8 Å². The van der Waals surface area contributed by atoms with Crippen LogP contribution in [0.4, 0.5) is 13.2 Å². The molecule has 1 aromatic heterocycles. The van der Waals surface area contributed by atoms with Gasteiger partial charge in [0.1, 0.15) is 0 Å². The Labute approximate surface area is 156 Å². The van der Waals surface area contributed by atoms with Gasteiger partial charge in [-0.25, -0.2) is 9.59 Å². The highest BCUT2D eigenvalue weighted by Crippen LogP contribution is 2.20. The molecule has 0 aliphatic carbocycles. The standard InChI is InChI=1S/C17H13NO3.C2HF3O2/c1-18-10-14(11-6-8-12(9-7-11)17(20)21)16(19)13-4-2-3-5-15(13)18;3-2(4,5)1(6)7/h2-10H,1H3,(H,20,21);(H,6,7). The number of hydrogen-bond donors (Lipinski definition) is 2. The molecule has 0 unspecified atom stereocenters. The van der Waals surface area contributed by atoms with Crippen LogP contribution < -0.4 is 5.43 Å². The van der Waals surface area contributed by atoms with E-state index < -0.39 is 18.1 Å². The van der Waals surface area contributed by atoms with Gasteiger partial charge in [-0.05, 0) is 29.8 Å². The minimum absolute atomic E-state index is 0.0493. The maximum atomic E-state index is 12.6. The van der Waals surface area contributed by atoms with Crippen molar-refractivity contribution >= 4 is 22.8 Å². The molecule has 146 valence electrons. The SMILES string of the molecule is Cn1cc(-c2ccc(C(=O)O)cc2)c(=O)c2ccccc21.O=C(O)C(F)(F)F. The van der Waals surface area contributed by atoms with Gasteiger partial charge < -0.3 is 14.8 Å². The maximum Gasteiger partial charge on any atom is 0.490 e. The number of fused-ring (bicyclic) bond motifs is 1. The molecule has 0 radical (unpaired) electrons. The molecule has 2 aromatic carbocycles. The average molecular weight is 393 g/mol. The summed E-state index contributed by atoms with van der Waals surface area (Å²) in [5, 5.41) is 16.7. The van der Waals surface area contributed by atoms with E-state index in [2.05, 4.69) is 0 Å². The molecule has 3 rings (SSSR count). The molecule has 28 heavy (non-hydrogen) atoms. The second kappa shape index (κ2) is 7.95. The topological polar surface area (TPSA) is 96.6 Å². The fourth-order valence-electron chi connectivity index (χ4n) is 2.44. The van der Waals surface area contributed by atoms with Crippen molar-refractivity contribution in [2.45, 2.75) is 6.18 Å². The molecule has 0 fully saturated rings. The quantitative estimate of drug-likeness (QED) is 0.694. The number of benzene rings is 2. The van der Waals surface area contributed by atoms with E-state index in [1.165, 1.54) is 12.1 Å². The van der Waals surface area contributed by atoms with E-state index in [1.54, 1.807) is 24.4 Å². The van der Waals surface area contributed by atoms with Gasteiger partial charge in [0.25, 0.3) is 0 Å². The number of aromatic nitrogens is 1. The number of nitrogens with zero attached hydrogens (tertiary/aromatic N) is 1. The van der Waals surface area contributed by atoms with Crippen LogP contribution in [-0.2, 0) is 11.8 Å². The van der Waals surface area contributed by atoms with Crippen molar-refractivity contribution in [2.75, 3.05) is 0 Å². The molecule has 0 amide bonds. The summed E-state index contributed by atoms with van der Waals surface area (Å²) >= 11 is 0. The van der Waals surface area contributed by atoms with Crippen LogP contribution in [0.15, 0.2) is 59.5 Å². The van der Waals surface area contributed by atoms with Crippen LogP contribution in [0.3, 0.4) is 0 Å². The minimum Gasteiger partial charge on any atom is -0.478 e. The molecule has 0 saturated heterocycles. The van der Waals surface area contributed by atoms with Crippen molar-refractivity contribution in [3.8, 4) is 11.1 Å². The van der Waals surface area contributed by atoms with Gasteiger partial charge >= 0.3 is 18.1 Å². The lowest BCUT2D eigenvalue weighted by Crippen LogP contribution is -2.21. The Kier molecular flexibility index (Phi) is 5.87. The number of para-hydroxylation sites is 1. The number of aromatic carboxylic acids is 1. The number of alkyl halides is 3. The second-order valence-electron chi connectivity index (χ2n) is 5.69.